The number of hydrogen-bond acceptors (Lipinski definition) is 6. The highest BCUT2D eigenvalue weighted by Gasteiger charge is 2.33. The van der Waals surface area contributed by atoms with Gasteiger partial charge in [-0.15, -0.1) is 0 Å². The van der Waals surface area contributed by atoms with Crippen LogP contribution in [0.15, 0.2) is 63.9 Å². The van der Waals surface area contributed by atoms with E-state index in [1.165, 1.54) is 28.8 Å². The van der Waals surface area contributed by atoms with Gasteiger partial charge in [-0.2, -0.15) is 0 Å². The topological polar surface area (TPSA) is 80.0 Å². The maximum Gasteiger partial charge on any atom is 0.337 e. The number of rotatable bonds is 5. The quantitative estimate of drug-likeness (QED) is 0.377. The molecule has 156 valence electrons. The second kappa shape index (κ2) is 8.58. The lowest BCUT2D eigenvalue weighted by atomic mass is 10.1. The molecule has 1 aliphatic rings. The average Bonchev–Trinajstić information content (AvgIpc) is 3.33. The second-order valence-electron chi connectivity index (χ2n) is 6.42. The first-order valence-electron chi connectivity index (χ1n) is 8.92. The van der Waals surface area contributed by atoms with Crippen molar-refractivity contribution in [3.8, 4) is 17.1 Å². The highest BCUT2D eigenvalue weighted by Crippen LogP contribution is 2.37. The summed E-state index contributed by atoms with van der Waals surface area (Å²) in [5.41, 5.74) is 1.19. The number of carbonyl (C=O) groups is 2. The summed E-state index contributed by atoms with van der Waals surface area (Å²) in [6.07, 6.45) is 1.61. The van der Waals surface area contributed by atoms with Gasteiger partial charge in [-0.25, -0.2) is 4.79 Å². The van der Waals surface area contributed by atoms with Crippen molar-refractivity contribution in [2.24, 2.45) is 0 Å². The maximum atomic E-state index is 12.9. The van der Waals surface area contributed by atoms with Crippen molar-refractivity contribution in [2.45, 2.75) is 0 Å². The number of aromatic carboxylic acids is 1. The number of thiocarbonyl (C=S) groups is 1. The Balaban J connectivity index is 1.59. The molecular formula is C22H14ClNO5S2. The number of methoxy groups -OCH3 is 1. The van der Waals surface area contributed by atoms with Crippen molar-refractivity contribution >= 4 is 63.5 Å². The molecule has 0 atom stereocenters. The Kier molecular flexibility index (Phi) is 5.86. The minimum Gasteiger partial charge on any atom is -0.497 e. The Morgan fingerprint density at radius 1 is 1.19 bits per heavy atom. The minimum atomic E-state index is -1.12. The Hall–Kier alpha value is -3.07. The highest BCUT2D eigenvalue weighted by molar-refractivity contribution is 8.27. The number of amides is 1. The van der Waals surface area contributed by atoms with Gasteiger partial charge in [-0.1, -0.05) is 35.6 Å². The second-order valence-corrected chi connectivity index (χ2v) is 8.50. The fourth-order valence-corrected chi connectivity index (χ4v) is 4.46. The lowest BCUT2D eigenvalue weighted by Gasteiger charge is -2.14. The average molecular weight is 472 g/mol. The number of anilines is 1. The summed E-state index contributed by atoms with van der Waals surface area (Å²) in [6.45, 7) is 0. The van der Waals surface area contributed by atoms with Crippen molar-refractivity contribution in [3.63, 3.8) is 0 Å². The zero-order chi connectivity index (χ0) is 22.1. The number of carboxylic acids is 1. The third-order valence-electron chi connectivity index (χ3n) is 4.51. The molecule has 1 fully saturated rings. The van der Waals surface area contributed by atoms with E-state index < -0.39 is 5.97 Å². The number of hydrogen-bond donors (Lipinski definition) is 1. The van der Waals surface area contributed by atoms with E-state index in [0.717, 1.165) is 0 Å². The van der Waals surface area contributed by atoms with Crippen LogP contribution in [-0.2, 0) is 4.79 Å². The first-order valence-corrected chi connectivity index (χ1v) is 10.5. The number of nitrogens with zero attached hydrogens (tertiary/aromatic N) is 1. The van der Waals surface area contributed by atoms with E-state index in [2.05, 4.69) is 0 Å². The van der Waals surface area contributed by atoms with Crippen LogP contribution in [-0.4, -0.2) is 28.4 Å². The molecule has 1 saturated heterocycles. The molecule has 9 heteroatoms. The SMILES string of the molecule is COc1ccc(N2C(=O)/C(=C\c3ccc(-c4ccc(Cl)c(C(=O)O)c4)o3)SC2=S)cc1. The van der Waals surface area contributed by atoms with E-state index in [-0.39, 0.29) is 16.5 Å². The zero-order valence-corrected chi connectivity index (χ0v) is 18.4. The molecule has 0 unspecified atom stereocenters. The molecule has 0 spiro atoms. The van der Waals surface area contributed by atoms with Crippen molar-refractivity contribution < 1.29 is 23.8 Å². The van der Waals surface area contributed by atoms with Crippen LogP contribution in [0.25, 0.3) is 17.4 Å². The Morgan fingerprint density at radius 2 is 1.94 bits per heavy atom. The van der Waals surface area contributed by atoms with Gasteiger partial charge in [-0.05, 0) is 54.6 Å². The summed E-state index contributed by atoms with van der Waals surface area (Å²) >= 11 is 12.5. The van der Waals surface area contributed by atoms with Gasteiger partial charge in [0.1, 0.15) is 17.3 Å². The van der Waals surface area contributed by atoms with Crippen LogP contribution in [0.3, 0.4) is 0 Å². The fraction of sp³-hybridized carbons (Fsp3) is 0.0455. The van der Waals surface area contributed by atoms with Crippen molar-refractivity contribution in [1.82, 2.24) is 0 Å². The normalized spacial score (nSPS) is 15.0. The summed E-state index contributed by atoms with van der Waals surface area (Å²) < 4.78 is 11.4. The van der Waals surface area contributed by atoms with E-state index in [9.17, 15) is 14.7 Å². The van der Waals surface area contributed by atoms with E-state index in [1.807, 2.05) is 0 Å². The molecule has 3 aromatic rings. The first-order chi connectivity index (χ1) is 14.9. The van der Waals surface area contributed by atoms with Crippen LogP contribution >= 0.6 is 35.6 Å². The number of carbonyl (C=O) groups excluding carboxylic acids is 1. The Labute approximate surface area is 192 Å². The fourth-order valence-electron chi connectivity index (χ4n) is 2.98. The summed E-state index contributed by atoms with van der Waals surface area (Å²) in [4.78, 5) is 26.1. The molecule has 0 saturated carbocycles. The number of benzene rings is 2. The predicted octanol–water partition coefficient (Wildman–Crippen LogP) is 5.71. The van der Waals surface area contributed by atoms with Crippen LogP contribution < -0.4 is 9.64 Å². The predicted molar refractivity (Wildman–Crippen MR) is 125 cm³/mol. The molecule has 1 aromatic heterocycles. The van der Waals surface area contributed by atoms with E-state index in [1.54, 1.807) is 55.7 Å². The minimum absolute atomic E-state index is 0.0162. The lowest BCUT2D eigenvalue weighted by molar-refractivity contribution is -0.113. The molecular weight excluding hydrogens is 458 g/mol. The van der Waals surface area contributed by atoms with E-state index in [4.69, 9.17) is 33.0 Å². The maximum absolute atomic E-state index is 12.9. The molecule has 4 rings (SSSR count). The summed E-state index contributed by atoms with van der Waals surface area (Å²) in [6, 6.07) is 15.0. The molecule has 1 aliphatic heterocycles. The molecule has 0 bridgehead atoms. The Bertz CT molecular complexity index is 1230. The summed E-state index contributed by atoms with van der Waals surface area (Å²) in [7, 11) is 1.57. The number of halogens is 1. The summed E-state index contributed by atoms with van der Waals surface area (Å²) in [5, 5.41) is 9.39. The molecule has 2 aromatic carbocycles. The zero-order valence-electron chi connectivity index (χ0n) is 16.0. The molecule has 0 radical (unpaired) electrons. The largest absolute Gasteiger partial charge is 0.497 e. The van der Waals surface area contributed by atoms with Gasteiger partial charge in [0.2, 0.25) is 0 Å². The monoisotopic (exact) mass is 471 g/mol. The smallest absolute Gasteiger partial charge is 0.337 e. The van der Waals surface area contributed by atoms with E-state index >= 15 is 0 Å². The van der Waals surface area contributed by atoms with Gasteiger partial charge in [0.25, 0.3) is 5.91 Å². The first kappa shape index (κ1) is 21.2. The van der Waals surface area contributed by atoms with Crippen LogP contribution in [0.4, 0.5) is 5.69 Å². The van der Waals surface area contributed by atoms with Gasteiger partial charge in [0, 0.05) is 11.6 Å². The standard InChI is InChI=1S/C22H14ClNO5S2/c1-28-14-5-3-13(4-6-14)24-20(25)19(31-22(24)30)11-15-7-9-18(29-15)12-2-8-17(23)16(10-12)21(26)27/h2-11H,1H3,(H,26,27)/b19-11+. The number of ether oxygens (including phenoxy) is 1. The Morgan fingerprint density at radius 3 is 2.61 bits per heavy atom. The number of carboxylic acid groups (broad SMARTS) is 1. The van der Waals surface area contributed by atoms with E-state index in [0.29, 0.717) is 37.7 Å². The number of furan rings is 1. The lowest BCUT2D eigenvalue weighted by Crippen LogP contribution is -2.27. The van der Waals surface area contributed by atoms with Gasteiger partial charge < -0.3 is 14.3 Å². The van der Waals surface area contributed by atoms with Crippen molar-refractivity contribution in [3.05, 3.63) is 75.8 Å². The van der Waals surface area contributed by atoms with Crippen molar-refractivity contribution in [1.29, 1.82) is 0 Å². The van der Waals surface area contributed by atoms with Crippen LogP contribution in [0.5, 0.6) is 5.75 Å². The van der Waals surface area contributed by atoms with Gasteiger partial charge >= 0.3 is 5.97 Å². The molecule has 6 nitrogen and oxygen atoms in total. The van der Waals surface area contributed by atoms with Gasteiger partial charge in [-0.3, -0.25) is 9.69 Å². The molecule has 1 amide bonds. The highest BCUT2D eigenvalue weighted by atomic mass is 35.5. The van der Waals surface area contributed by atoms with Crippen molar-refractivity contribution in [2.75, 3.05) is 12.0 Å². The van der Waals surface area contributed by atoms with Crippen LogP contribution in [0, 0.1) is 0 Å². The molecule has 2 heterocycles. The van der Waals surface area contributed by atoms with Crippen LogP contribution in [0.1, 0.15) is 16.1 Å². The third kappa shape index (κ3) is 4.23. The molecule has 1 N–H and O–H groups in total. The third-order valence-corrected chi connectivity index (χ3v) is 6.14. The van der Waals surface area contributed by atoms with Gasteiger partial charge in [0.05, 0.1) is 28.3 Å². The molecule has 0 aliphatic carbocycles. The molecule has 31 heavy (non-hydrogen) atoms. The number of thioether (sulfide) groups is 1. The van der Waals surface area contributed by atoms with Crippen LogP contribution in [0.2, 0.25) is 5.02 Å². The summed E-state index contributed by atoms with van der Waals surface area (Å²) in [5.74, 6) is 0.202. The van der Waals surface area contributed by atoms with Gasteiger partial charge in [0.15, 0.2) is 4.32 Å².